The van der Waals surface area contributed by atoms with E-state index in [1.54, 1.807) is 17.5 Å². The van der Waals surface area contributed by atoms with Crippen molar-refractivity contribution < 1.29 is 22.4 Å². The third-order valence-electron chi connectivity index (χ3n) is 4.78. The standard InChI is InChI=1S/C23H18F3N3O3S2/c1-3-9-29-21(31)19-16(17-8-7-13(2)32-17)11-33-20(19)28-22(29)34-12-18(30)27-15-6-4-5-14(10-15)23(24,25)26/h3-8,10-11H,1,9,12H2,2H3,(H,27,30). The van der Waals surface area contributed by atoms with E-state index in [1.807, 2.05) is 13.0 Å². The maximum absolute atomic E-state index is 13.3. The third kappa shape index (κ3) is 4.95. The molecule has 0 saturated heterocycles. The Hall–Kier alpha value is -3.31. The Kier molecular flexibility index (Phi) is 6.67. The number of halogens is 3. The molecule has 0 radical (unpaired) electrons. The molecule has 0 bridgehead atoms. The molecule has 4 rings (SSSR count). The second-order valence-corrected chi connectivity index (χ2v) is 9.05. The molecule has 0 saturated carbocycles. The lowest BCUT2D eigenvalue weighted by molar-refractivity contribution is -0.137. The number of amides is 1. The van der Waals surface area contributed by atoms with E-state index in [9.17, 15) is 22.8 Å². The van der Waals surface area contributed by atoms with Crippen molar-refractivity contribution in [1.29, 1.82) is 0 Å². The normalized spacial score (nSPS) is 11.6. The molecule has 0 fully saturated rings. The lowest BCUT2D eigenvalue weighted by Gasteiger charge is -2.11. The van der Waals surface area contributed by atoms with Gasteiger partial charge in [0.15, 0.2) is 5.16 Å². The molecule has 0 spiro atoms. The highest BCUT2D eigenvalue weighted by Gasteiger charge is 2.30. The van der Waals surface area contributed by atoms with Crippen molar-refractivity contribution in [2.24, 2.45) is 0 Å². The Labute approximate surface area is 200 Å². The largest absolute Gasteiger partial charge is 0.461 e. The maximum Gasteiger partial charge on any atom is 0.416 e. The van der Waals surface area contributed by atoms with Crippen molar-refractivity contribution in [1.82, 2.24) is 9.55 Å². The van der Waals surface area contributed by atoms with Gasteiger partial charge in [0.25, 0.3) is 5.56 Å². The van der Waals surface area contributed by atoms with Gasteiger partial charge in [0.05, 0.1) is 16.7 Å². The number of alkyl halides is 3. The molecule has 0 aliphatic rings. The summed E-state index contributed by atoms with van der Waals surface area (Å²) in [7, 11) is 0. The Balaban J connectivity index is 1.58. The van der Waals surface area contributed by atoms with Gasteiger partial charge in [-0.25, -0.2) is 4.98 Å². The molecule has 6 nitrogen and oxygen atoms in total. The van der Waals surface area contributed by atoms with E-state index in [0.29, 0.717) is 32.5 Å². The van der Waals surface area contributed by atoms with E-state index in [2.05, 4.69) is 16.9 Å². The van der Waals surface area contributed by atoms with Crippen molar-refractivity contribution in [2.45, 2.75) is 24.8 Å². The van der Waals surface area contributed by atoms with Crippen LogP contribution < -0.4 is 10.9 Å². The van der Waals surface area contributed by atoms with Gasteiger partial charge in [-0.05, 0) is 37.3 Å². The fraction of sp³-hybridized carbons (Fsp3) is 0.174. The molecule has 11 heteroatoms. The first-order valence-electron chi connectivity index (χ1n) is 9.97. The number of benzene rings is 1. The number of hydrogen-bond acceptors (Lipinski definition) is 6. The summed E-state index contributed by atoms with van der Waals surface area (Å²) in [6.45, 7) is 5.67. The Bertz CT molecular complexity index is 1440. The quantitative estimate of drug-likeness (QED) is 0.190. The predicted molar refractivity (Wildman–Crippen MR) is 127 cm³/mol. The summed E-state index contributed by atoms with van der Waals surface area (Å²) in [5.74, 6) is 0.601. The molecule has 0 aliphatic heterocycles. The molecule has 34 heavy (non-hydrogen) atoms. The van der Waals surface area contributed by atoms with Crippen LogP contribution in [-0.4, -0.2) is 21.2 Å². The molecule has 4 aromatic rings. The number of allylic oxidation sites excluding steroid dienone is 1. The number of fused-ring (bicyclic) bond motifs is 1. The molecule has 0 atom stereocenters. The van der Waals surface area contributed by atoms with E-state index in [4.69, 9.17) is 4.42 Å². The topological polar surface area (TPSA) is 77.1 Å². The average Bonchev–Trinajstić information content (AvgIpc) is 3.40. The number of anilines is 1. The summed E-state index contributed by atoms with van der Waals surface area (Å²) in [6, 6.07) is 7.98. The SMILES string of the molecule is C=CCn1c(SCC(=O)Nc2cccc(C(F)(F)F)c2)nc2scc(-c3ccc(C)o3)c2c1=O. The summed E-state index contributed by atoms with van der Waals surface area (Å²) >= 11 is 2.30. The van der Waals surface area contributed by atoms with Crippen molar-refractivity contribution in [3.05, 3.63) is 76.1 Å². The molecular formula is C23H18F3N3O3S2. The molecule has 3 heterocycles. The van der Waals surface area contributed by atoms with E-state index in [-0.39, 0.29) is 23.5 Å². The molecule has 0 unspecified atom stereocenters. The summed E-state index contributed by atoms with van der Waals surface area (Å²) in [5.41, 5.74) is -0.479. The van der Waals surface area contributed by atoms with Gasteiger partial charge in [0, 0.05) is 23.2 Å². The average molecular weight is 506 g/mol. The molecular weight excluding hydrogens is 487 g/mol. The zero-order valence-electron chi connectivity index (χ0n) is 17.8. The second kappa shape index (κ2) is 9.51. The van der Waals surface area contributed by atoms with Gasteiger partial charge in [-0.3, -0.25) is 14.2 Å². The van der Waals surface area contributed by atoms with Crippen molar-refractivity contribution in [3.8, 4) is 11.3 Å². The number of aromatic nitrogens is 2. The Morgan fingerprint density at radius 2 is 2.12 bits per heavy atom. The lowest BCUT2D eigenvalue weighted by atomic mass is 10.2. The highest BCUT2D eigenvalue weighted by Crippen LogP contribution is 2.33. The molecule has 3 aromatic heterocycles. The van der Waals surface area contributed by atoms with Crippen molar-refractivity contribution in [2.75, 3.05) is 11.1 Å². The van der Waals surface area contributed by atoms with E-state index >= 15 is 0 Å². The highest BCUT2D eigenvalue weighted by atomic mass is 32.2. The number of hydrogen-bond donors (Lipinski definition) is 1. The Morgan fingerprint density at radius 3 is 2.79 bits per heavy atom. The van der Waals surface area contributed by atoms with E-state index < -0.39 is 17.6 Å². The van der Waals surface area contributed by atoms with Gasteiger partial charge in [-0.1, -0.05) is 23.9 Å². The minimum atomic E-state index is -4.51. The number of furan rings is 1. The Morgan fingerprint density at radius 1 is 1.32 bits per heavy atom. The van der Waals surface area contributed by atoms with E-state index in [1.165, 1.54) is 28.0 Å². The van der Waals surface area contributed by atoms with Crippen LogP contribution in [-0.2, 0) is 17.5 Å². The fourth-order valence-corrected chi connectivity index (χ4v) is 5.04. The number of carbonyl (C=O) groups excluding carboxylic acids is 1. The van der Waals surface area contributed by atoms with Crippen molar-refractivity contribution in [3.63, 3.8) is 0 Å². The van der Waals surface area contributed by atoms with Crippen LogP contribution in [0.5, 0.6) is 0 Å². The maximum atomic E-state index is 13.3. The van der Waals surface area contributed by atoms with Crippen LogP contribution in [0.1, 0.15) is 11.3 Å². The lowest BCUT2D eigenvalue weighted by Crippen LogP contribution is -2.23. The van der Waals surface area contributed by atoms with Gasteiger partial charge < -0.3 is 9.73 Å². The molecule has 1 N–H and O–H groups in total. The van der Waals surface area contributed by atoms with Gasteiger partial charge in [0.2, 0.25) is 5.91 Å². The summed E-state index contributed by atoms with van der Waals surface area (Å²) in [6.07, 6.45) is -2.96. The first-order chi connectivity index (χ1) is 16.2. The number of aryl methyl sites for hydroxylation is 1. The molecule has 1 aromatic carbocycles. The number of thioether (sulfide) groups is 1. The predicted octanol–water partition coefficient (Wildman–Crippen LogP) is 5.96. The first-order valence-corrected chi connectivity index (χ1v) is 11.8. The number of carbonyl (C=O) groups is 1. The molecule has 1 amide bonds. The summed E-state index contributed by atoms with van der Waals surface area (Å²) < 4.78 is 45.8. The van der Waals surface area contributed by atoms with Gasteiger partial charge in [-0.2, -0.15) is 13.2 Å². The number of rotatable bonds is 7. The summed E-state index contributed by atoms with van der Waals surface area (Å²) in [5, 5.41) is 4.97. The van der Waals surface area contributed by atoms with Crippen LogP contribution in [0, 0.1) is 6.92 Å². The van der Waals surface area contributed by atoms with Crippen LogP contribution in [0.2, 0.25) is 0 Å². The number of thiophene rings is 1. The van der Waals surface area contributed by atoms with Crippen LogP contribution in [0.3, 0.4) is 0 Å². The van der Waals surface area contributed by atoms with Gasteiger partial charge in [-0.15, -0.1) is 17.9 Å². The van der Waals surface area contributed by atoms with E-state index in [0.717, 1.165) is 23.9 Å². The summed E-state index contributed by atoms with van der Waals surface area (Å²) in [4.78, 5) is 30.7. The zero-order valence-corrected chi connectivity index (χ0v) is 19.4. The smallest absolute Gasteiger partial charge is 0.416 e. The third-order valence-corrected chi connectivity index (χ3v) is 6.63. The van der Waals surface area contributed by atoms with Crippen LogP contribution >= 0.6 is 23.1 Å². The monoisotopic (exact) mass is 505 g/mol. The molecule has 0 aliphatic carbocycles. The number of nitrogens with zero attached hydrogens (tertiary/aromatic N) is 2. The fourth-order valence-electron chi connectivity index (χ4n) is 3.27. The van der Waals surface area contributed by atoms with Crippen LogP contribution in [0.4, 0.5) is 18.9 Å². The second-order valence-electron chi connectivity index (χ2n) is 7.25. The first kappa shape index (κ1) is 23.8. The van der Waals surface area contributed by atoms with Crippen LogP contribution in [0.25, 0.3) is 21.5 Å². The highest BCUT2D eigenvalue weighted by molar-refractivity contribution is 7.99. The number of nitrogens with one attached hydrogen (secondary N) is 1. The van der Waals surface area contributed by atoms with Crippen molar-refractivity contribution >= 4 is 44.9 Å². The van der Waals surface area contributed by atoms with Gasteiger partial charge >= 0.3 is 6.18 Å². The zero-order chi connectivity index (χ0) is 24.5. The van der Waals surface area contributed by atoms with Gasteiger partial charge in [0.1, 0.15) is 16.4 Å². The minimum Gasteiger partial charge on any atom is -0.461 e. The minimum absolute atomic E-state index is 0.0314. The molecule has 176 valence electrons. The van der Waals surface area contributed by atoms with Crippen LogP contribution in [0.15, 0.2) is 68.8 Å².